The lowest BCUT2D eigenvalue weighted by atomic mass is 9.87. The van der Waals surface area contributed by atoms with Gasteiger partial charge in [0.2, 0.25) is 0 Å². The van der Waals surface area contributed by atoms with E-state index in [9.17, 15) is 13.2 Å². The second-order valence-corrected chi connectivity index (χ2v) is 5.19. The van der Waals surface area contributed by atoms with Crippen LogP contribution < -0.4 is 0 Å². The zero-order valence-corrected chi connectivity index (χ0v) is 10.2. The Kier molecular flexibility index (Phi) is 3.09. The number of rotatable bonds is 1. The summed E-state index contributed by atoms with van der Waals surface area (Å²) in [5.41, 5.74) is -0.943. The standard InChI is InChI=1S/C11H17F3N2/c1-7(2)16-9(11(12,13)14)8(6-15-16)10(3,4)5/h6-7H,1-5H3. The summed E-state index contributed by atoms with van der Waals surface area (Å²) < 4.78 is 40.0. The van der Waals surface area contributed by atoms with Crippen molar-refractivity contribution in [2.24, 2.45) is 0 Å². The Morgan fingerprint density at radius 3 is 2.00 bits per heavy atom. The molecular weight excluding hydrogens is 217 g/mol. The molecule has 1 heterocycles. The van der Waals surface area contributed by atoms with E-state index in [1.165, 1.54) is 6.20 Å². The number of nitrogens with zero attached hydrogens (tertiary/aromatic N) is 2. The first kappa shape index (κ1) is 13.1. The highest BCUT2D eigenvalue weighted by Crippen LogP contribution is 2.38. The topological polar surface area (TPSA) is 17.8 Å². The van der Waals surface area contributed by atoms with Crippen LogP contribution in [-0.2, 0) is 11.6 Å². The summed E-state index contributed by atoms with van der Waals surface area (Å²) in [7, 11) is 0. The van der Waals surface area contributed by atoms with Gasteiger partial charge in [0.25, 0.3) is 0 Å². The molecule has 0 saturated carbocycles. The first-order valence-electron chi connectivity index (χ1n) is 5.20. The molecule has 1 rings (SSSR count). The van der Waals surface area contributed by atoms with Crippen LogP contribution in [0.1, 0.15) is 51.9 Å². The van der Waals surface area contributed by atoms with E-state index in [0.717, 1.165) is 4.68 Å². The van der Waals surface area contributed by atoms with Crippen LogP contribution in [0.5, 0.6) is 0 Å². The third-order valence-electron chi connectivity index (χ3n) is 2.36. The fourth-order valence-electron chi connectivity index (χ4n) is 1.59. The normalized spacial score (nSPS) is 13.6. The minimum atomic E-state index is -4.36. The molecule has 0 aliphatic heterocycles. The van der Waals surface area contributed by atoms with Crippen LogP contribution in [-0.4, -0.2) is 9.78 Å². The minimum Gasteiger partial charge on any atom is -0.258 e. The van der Waals surface area contributed by atoms with Gasteiger partial charge in [0.1, 0.15) is 5.69 Å². The van der Waals surface area contributed by atoms with Gasteiger partial charge < -0.3 is 0 Å². The van der Waals surface area contributed by atoms with Crippen molar-refractivity contribution < 1.29 is 13.2 Å². The predicted octanol–water partition coefficient (Wildman–Crippen LogP) is 3.78. The average Bonchev–Trinajstić information content (AvgIpc) is 2.43. The molecule has 0 bridgehead atoms. The molecule has 0 aliphatic carbocycles. The van der Waals surface area contributed by atoms with Crippen molar-refractivity contribution >= 4 is 0 Å². The molecular formula is C11H17F3N2. The van der Waals surface area contributed by atoms with E-state index in [1.807, 2.05) is 0 Å². The molecule has 0 N–H and O–H groups in total. The minimum absolute atomic E-state index is 0.244. The highest BCUT2D eigenvalue weighted by atomic mass is 19.4. The molecule has 0 saturated heterocycles. The molecule has 0 aliphatic rings. The highest BCUT2D eigenvalue weighted by molar-refractivity contribution is 5.28. The third kappa shape index (κ3) is 2.39. The van der Waals surface area contributed by atoms with Crippen LogP contribution >= 0.6 is 0 Å². The van der Waals surface area contributed by atoms with Crippen molar-refractivity contribution in [1.29, 1.82) is 0 Å². The monoisotopic (exact) mass is 234 g/mol. The smallest absolute Gasteiger partial charge is 0.258 e. The van der Waals surface area contributed by atoms with Gasteiger partial charge in [-0.2, -0.15) is 18.3 Å². The van der Waals surface area contributed by atoms with E-state index in [2.05, 4.69) is 5.10 Å². The number of hydrogen-bond donors (Lipinski definition) is 0. The van der Waals surface area contributed by atoms with Crippen molar-refractivity contribution in [3.05, 3.63) is 17.5 Å². The second kappa shape index (κ2) is 3.79. The van der Waals surface area contributed by atoms with Gasteiger partial charge in [0.05, 0.1) is 6.20 Å². The van der Waals surface area contributed by atoms with Crippen LogP contribution in [0.15, 0.2) is 6.20 Å². The maximum atomic E-state index is 13.0. The summed E-state index contributed by atoms with van der Waals surface area (Å²) in [5.74, 6) is 0. The Morgan fingerprint density at radius 2 is 1.69 bits per heavy atom. The van der Waals surface area contributed by atoms with Gasteiger partial charge in [-0.3, -0.25) is 4.68 Å². The molecule has 5 heteroatoms. The first-order chi connectivity index (χ1) is 7.05. The van der Waals surface area contributed by atoms with E-state index < -0.39 is 17.3 Å². The Labute approximate surface area is 93.5 Å². The van der Waals surface area contributed by atoms with E-state index in [-0.39, 0.29) is 11.6 Å². The summed E-state index contributed by atoms with van der Waals surface area (Å²) in [5, 5.41) is 3.85. The Balaban J connectivity index is 3.44. The highest BCUT2D eigenvalue weighted by Gasteiger charge is 2.41. The Hall–Kier alpha value is -1.00. The van der Waals surface area contributed by atoms with Gasteiger partial charge in [0, 0.05) is 11.6 Å². The lowest BCUT2D eigenvalue weighted by Crippen LogP contribution is -2.22. The molecule has 0 unspecified atom stereocenters. The quantitative estimate of drug-likeness (QED) is 0.723. The predicted molar refractivity (Wildman–Crippen MR) is 56.3 cm³/mol. The van der Waals surface area contributed by atoms with Gasteiger partial charge in [-0.25, -0.2) is 0 Å². The van der Waals surface area contributed by atoms with Gasteiger partial charge in [-0.15, -0.1) is 0 Å². The van der Waals surface area contributed by atoms with Gasteiger partial charge >= 0.3 is 6.18 Å². The Bertz CT molecular complexity index is 370. The zero-order valence-electron chi connectivity index (χ0n) is 10.2. The SMILES string of the molecule is CC(C)n1ncc(C(C)(C)C)c1C(F)(F)F. The number of hydrogen-bond acceptors (Lipinski definition) is 1. The first-order valence-corrected chi connectivity index (χ1v) is 5.20. The molecule has 16 heavy (non-hydrogen) atoms. The van der Waals surface area contributed by atoms with E-state index >= 15 is 0 Å². The Morgan fingerprint density at radius 1 is 1.19 bits per heavy atom. The van der Waals surface area contributed by atoms with E-state index in [1.54, 1.807) is 34.6 Å². The van der Waals surface area contributed by atoms with Crippen molar-refractivity contribution in [3.8, 4) is 0 Å². The second-order valence-electron chi connectivity index (χ2n) is 5.19. The summed E-state index contributed by atoms with van der Waals surface area (Å²) in [6, 6.07) is -0.298. The molecule has 0 atom stereocenters. The molecule has 0 radical (unpaired) electrons. The lowest BCUT2D eigenvalue weighted by molar-refractivity contribution is -0.145. The molecule has 0 aromatic carbocycles. The van der Waals surface area contributed by atoms with Crippen molar-refractivity contribution in [2.75, 3.05) is 0 Å². The van der Waals surface area contributed by atoms with Gasteiger partial charge in [-0.05, 0) is 19.3 Å². The van der Waals surface area contributed by atoms with Crippen LogP contribution in [0.3, 0.4) is 0 Å². The lowest BCUT2D eigenvalue weighted by Gasteiger charge is -2.22. The van der Waals surface area contributed by atoms with Crippen molar-refractivity contribution in [1.82, 2.24) is 9.78 Å². The third-order valence-corrected chi connectivity index (χ3v) is 2.36. The molecule has 0 spiro atoms. The number of alkyl halides is 3. The molecule has 92 valence electrons. The molecule has 0 fully saturated rings. The molecule has 2 nitrogen and oxygen atoms in total. The average molecular weight is 234 g/mol. The van der Waals surface area contributed by atoms with E-state index in [0.29, 0.717) is 0 Å². The maximum absolute atomic E-state index is 13.0. The summed E-state index contributed by atoms with van der Waals surface area (Å²) >= 11 is 0. The summed E-state index contributed by atoms with van der Waals surface area (Å²) in [6.45, 7) is 8.64. The largest absolute Gasteiger partial charge is 0.433 e. The van der Waals surface area contributed by atoms with Crippen molar-refractivity contribution in [2.45, 2.75) is 52.3 Å². The number of aromatic nitrogens is 2. The fourth-order valence-corrected chi connectivity index (χ4v) is 1.59. The fraction of sp³-hybridized carbons (Fsp3) is 0.727. The van der Waals surface area contributed by atoms with Gasteiger partial charge in [0.15, 0.2) is 0 Å². The van der Waals surface area contributed by atoms with Crippen LogP contribution in [0.4, 0.5) is 13.2 Å². The van der Waals surface area contributed by atoms with Crippen LogP contribution in [0.2, 0.25) is 0 Å². The van der Waals surface area contributed by atoms with Gasteiger partial charge in [-0.1, -0.05) is 20.8 Å². The summed E-state index contributed by atoms with van der Waals surface area (Å²) in [4.78, 5) is 0. The van der Waals surface area contributed by atoms with E-state index in [4.69, 9.17) is 0 Å². The van der Waals surface area contributed by atoms with Crippen LogP contribution in [0.25, 0.3) is 0 Å². The van der Waals surface area contributed by atoms with Crippen molar-refractivity contribution in [3.63, 3.8) is 0 Å². The summed E-state index contributed by atoms with van der Waals surface area (Å²) in [6.07, 6.45) is -3.04. The molecule has 1 aromatic rings. The number of halogens is 3. The zero-order chi connectivity index (χ0) is 12.7. The maximum Gasteiger partial charge on any atom is 0.433 e. The van der Waals surface area contributed by atoms with Crippen LogP contribution in [0, 0.1) is 0 Å². The molecule has 1 aromatic heterocycles. The molecule has 0 amide bonds.